The molecule has 0 aliphatic rings. The predicted molar refractivity (Wildman–Crippen MR) is 150 cm³/mol. The Hall–Kier alpha value is -0.240. The van der Waals surface area contributed by atoms with Gasteiger partial charge in [0.2, 0.25) is 0 Å². The Bertz CT molecular complexity index is 477. The summed E-state index contributed by atoms with van der Waals surface area (Å²) in [5.74, 6) is -0.406. The number of rotatable bonds is 34. The van der Waals surface area contributed by atoms with Crippen LogP contribution in [-0.2, 0) is 61.6 Å². The molecule has 234 valence electrons. The van der Waals surface area contributed by atoms with E-state index in [0.29, 0.717) is 132 Å². The van der Waals surface area contributed by atoms with Crippen molar-refractivity contribution in [3.63, 3.8) is 0 Å². The van der Waals surface area contributed by atoms with E-state index in [-0.39, 0.29) is 6.61 Å². The molecule has 13 nitrogen and oxygen atoms in total. The summed E-state index contributed by atoms with van der Waals surface area (Å²) in [7, 11) is 1.32. The molecule has 0 saturated heterocycles. The molecule has 0 aliphatic carbocycles. The highest BCUT2D eigenvalue weighted by atomic mass is 127. The van der Waals surface area contributed by atoms with Crippen molar-refractivity contribution in [2.45, 2.75) is 0 Å². The highest BCUT2D eigenvalue weighted by Crippen LogP contribution is 1.87. The number of methoxy groups -OCH3 is 1. The zero-order valence-corrected chi connectivity index (χ0v) is 25.6. The lowest BCUT2D eigenvalue weighted by atomic mass is 10.6. The number of hydrogen-bond acceptors (Lipinski definition) is 13. The summed E-state index contributed by atoms with van der Waals surface area (Å²) in [6, 6.07) is 0. The molecule has 0 aromatic carbocycles. The molecule has 0 bridgehead atoms. The van der Waals surface area contributed by atoms with E-state index >= 15 is 0 Å². The molecule has 0 aliphatic heterocycles. The van der Waals surface area contributed by atoms with Crippen LogP contribution in [0.4, 0.5) is 0 Å². The lowest BCUT2D eigenvalue weighted by molar-refractivity contribution is -0.146. The number of carbonyl (C=O) groups is 1. The van der Waals surface area contributed by atoms with Crippen LogP contribution in [0.25, 0.3) is 0 Å². The third-order valence-corrected chi connectivity index (χ3v) is 4.83. The zero-order valence-electron chi connectivity index (χ0n) is 23.4. The normalized spacial score (nSPS) is 11.3. The Morgan fingerprint density at radius 3 is 0.795 bits per heavy atom. The van der Waals surface area contributed by atoms with Gasteiger partial charge in [-0.15, -0.1) is 0 Å². The van der Waals surface area contributed by atoms with Crippen molar-refractivity contribution in [1.82, 2.24) is 0 Å². The Morgan fingerprint density at radius 1 is 0.385 bits per heavy atom. The van der Waals surface area contributed by atoms with Crippen LogP contribution in [0, 0.1) is 0 Å². The average Bonchev–Trinajstić information content (AvgIpc) is 2.95. The Morgan fingerprint density at radius 2 is 0.590 bits per heavy atom. The van der Waals surface area contributed by atoms with Crippen molar-refractivity contribution in [2.24, 2.45) is 0 Å². The fourth-order valence-electron chi connectivity index (χ4n) is 2.47. The summed E-state index contributed by atoms with van der Waals surface area (Å²) in [5, 5.41) is 0. The minimum Gasteiger partial charge on any atom is -0.467 e. The van der Waals surface area contributed by atoms with Gasteiger partial charge in [0.15, 0.2) is 0 Å². The molecule has 0 aromatic rings. The van der Waals surface area contributed by atoms with E-state index in [1.165, 1.54) is 7.11 Å². The first kappa shape index (κ1) is 38.8. The number of carbonyl (C=O) groups excluding carboxylic acids is 1. The van der Waals surface area contributed by atoms with Gasteiger partial charge in [0.25, 0.3) is 0 Å². The summed E-state index contributed by atoms with van der Waals surface area (Å²) < 4.78 is 64.5. The molecule has 0 amide bonds. The van der Waals surface area contributed by atoms with Crippen LogP contribution in [0.3, 0.4) is 0 Å². The second kappa shape index (κ2) is 35.8. The van der Waals surface area contributed by atoms with E-state index in [9.17, 15) is 4.79 Å². The van der Waals surface area contributed by atoms with Crippen LogP contribution < -0.4 is 0 Å². The van der Waals surface area contributed by atoms with Crippen molar-refractivity contribution in [3.8, 4) is 0 Å². The minimum atomic E-state index is -0.406. The largest absolute Gasteiger partial charge is 0.467 e. The minimum absolute atomic E-state index is 0.0677. The van der Waals surface area contributed by atoms with Gasteiger partial charge in [0, 0.05) is 4.43 Å². The Kier molecular flexibility index (Phi) is 35.6. The smallest absolute Gasteiger partial charge is 0.331 e. The molecular formula is C25H49IO13. The first-order valence-electron chi connectivity index (χ1n) is 13.3. The Labute approximate surface area is 246 Å². The van der Waals surface area contributed by atoms with Crippen molar-refractivity contribution < 1.29 is 61.6 Å². The van der Waals surface area contributed by atoms with E-state index < -0.39 is 5.97 Å². The average molecular weight is 685 g/mol. The van der Waals surface area contributed by atoms with E-state index in [4.69, 9.17) is 52.1 Å². The summed E-state index contributed by atoms with van der Waals surface area (Å²) in [4.78, 5) is 10.8. The summed E-state index contributed by atoms with van der Waals surface area (Å²) in [6.07, 6.45) is 0. The van der Waals surface area contributed by atoms with Crippen molar-refractivity contribution in [1.29, 1.82) is 0 Å². The maximum absolute atomic E-state index is 10.8. The fraction of sp³-hybridized carbons (Fsp3) is 0.960. The van der Waals surface area contributed by atoms with E-state index in [1.54, 1.807) is 0 Å². The molecule has 0 saturated carbocycles. The number of halogens is 1. The molecule has 0 heterocycles. The third kappa shape index (κ3) is 35.7. The molecule has 0 aromatic heterocycles. The van der Waals surface area contributed by atoms with Crippen LogP contribution in [0.15, 0.2) is 0 Å². The number of ether oxygens (including phenoxy) is 12. The predicted octanol–water partition coefficient (Wildman–Crippen LogP) is 0.777. The van der Waals surface area contributed by atoms with Gasteiger partial charge in [-0.3, -0.25) is 0 Å². The van der Waals surface area contributed by atoms with Crippen molar-refractivity contribution >= 4 is 28.6 Å². The molecule has 0 N–H and O–H groups in total. The first-order valence-corrected chi connectivity index (χ1v) is 14.8. The quantitative estimate of drug-likeness (QED) is 0.0411. The lowest BCUT2D eigenvalue weighted by Crippen LogP contribution is -2.16. The number of alkyl halides is 1. The van der Waals surface area contributed by atoms with Crippen LogP contribution in [0.1, 0.15) is 0 Å². The fourth-order valence-corrected chi connectivity index (χ4v) is 2.78. The van der Waals surface area contributed by atoms with E-state index in [1.807, 2.05) is 0 Å². The standard InChI is InChI=1S/C25H49IO13/c1-28-25(27)24-39-23-22-38-21-20-37-19-18-36-17-16-35-15-14-34-13-12-33-11-10-32-9-8-31-7-6-30-5-4-29-3-2-26/h2-24H2,1H3. The maximum Gasteiger partial charge on any atom is 0.331 e. The number of esters is 1. The highest BCUT2D eigenvalue weighted by molar-refractivity contribution is 14.1. The van der Waals surface area contributed by atoms with Crippen LogP contribution in [0.2, 0.25) is 0 Å². The van der Waals surface area contributed by atoms with Crippen LogP contribution >= 0.6 is 22.6 Å². The summed E-state index contributed by atoms with van der Waals surface area (Å²) in [6.45, 7) is 10.7. The zero-order chi connectivity index (χ0) is 28.3. The van der Waals surface area contributed by atoms with Gasteiger partial charge in [-0.2, -0.15) is 0 Å². The molecule has 0 rings (SSSR count). The van der Waals surface area contributed by atoms with Crippen molar-refractivity contribution in [2.75, 3.05) is 157 Å². The number of hydrogen-bond donors (Lipinski definition) is 0. The molecule has 0 atom stereocenters. The molecule has 14 heteroatoms. The molecule has 0 unspecified atom stereocenters. The Balaban J connectivity index is 3.03. The van der Waals surface area contributed by atoms with Gasteiger partial charge in [0.05, 0.1) is 146 Å². The van der Waals surface area contributed by atoms with Gasteiger partial charge in [-0.1, -0.05) is 22.6 Å². The monoisotopic (exact) mass is 684 g/mol. The van der Waals surface area contributed by atoms with Gasteiger partial charge in [-0.05, 0) is 0 Å². The van der Waals surface area contributed by atoms with Gasteiger partial charge < -0.3 is 56.8 Å². The molecule has 0 fully saturated rings. The maximum atomic E-state index is 10.8. The van der Waals surface area contributed by atoms with Crippen molar-refractivity contribution in [3.05, 3.63) is 0 Å². The highest BCUT2D eigenvalue weighted by Gasteiger charge is 1.99. The second-order valence-corrected chi connectivity index (χ2v) is 8.52. The van der Waals surface area contributed by atoms with E-state index in [0.717, 1.165) is 11.0 Å². The second-order valence-electron chi connectivity index (χ2n) is 7.44. The summed E-state index contributed by atoms with van der Waals surface area (Å²) >= 11 is 2.27. The topological polar surface area (TPSA) is 128 Å². The first-order chi connectivity index (χ1) is 19.3. The van der Waals surface area contributed by atoms with Gasteiger partial charge in [-0.25, -0.2) is 4.79 Å². The molecule has 0 radical (unpaired) electrons. The van der Waals surface area contributed by atoms with Crippen LogP contribution in [0.5, 0.6) is 0 Å². The lowest BCUT2D eigenvalue weighted by Gasteiger charge is -2.09. The molecular weight excluding hydrogens is 635 g/mol. The van der Waals surface area contributed by atoms with Crippen LogP contribution in [-0.4, -0.2) is 163 Å². The van der Waals surface area contributed by atoms with Gasteiger partial charge >= 0.3 is 5.97 Å². The molecule has 0 spiro atoms. The van der Waals surface area contributed by atoms with Gasteiger partial charge in [0.1, 0.15) is 6.61 Å². The summed E-state index contributed by atoms with van der Waals surface area (Å²) in [5.41, 5.74) is 0. The third-order valence-electron chi connectivity index (χ3n) is 4.39. The SMILES string of the molecule is COC(=O)COCCOCCOCCOCCOCCOCCOCCOCCOCCOCCOCCI. The molecule has 39 heavy (non-hydrogen) atoms. The van der Waals surface area contributed by atoms with E-state index in [2.05, 4.69) is 27.3 Å².